The second-order valence-corrected chi connectivity index (χ2v) is 3.75. The second kappa shape index (κ2) is 5.35. The van der Waals surface area contributed by atoms with Crippen molar-refractivity contribution >= 4 is 17.4 Å². The van der Waals surface area contributed by atoms with Crippen molar-refractivity contribution in [3.05, 3.63) is 42.2 Å². The lowest BCUT2D eigenvalue weighted by atomic mass is 10.3. The number of pyridine rings is 1. The van der Waals surface area contributed by atoms with E-state index in [1.807, 2.05) is 28.8 Å². The molecule has 0 saturated heterocycles. The average Bonchev–Trinajstić information content (AvgIpc) is 2.80. The summed E-state index contributed by atoms with van der Waals surface area (Å²) >= 11 is 0. The van der Waals surface area contributed by atoms with E-state index in [1.165, 1.54) is 0 Å². The van der Waals surface area contributed by atoms with E-state index >= 15 is 0 Å². The molecule has 0 bridgehead atoms. The molecule has 18 heavy (non-hydrogen) atoms. The van der Waals surface area contributed by atoms with Crippen LogP contribution in [0.25, 0.3) is 5.52 Å². The molecule has 2 aromatic rings. The van der Waals surface area contributed by atoms with Crippen molar-refractivity contribution in [2.24, 2.45) is 0 Å². The first-order valence-electron chi connectivity index (χ1n) is 5.71. The standard InChI is InChI=1S/C13H14N2O3/c1-2-18-12(16)8-14-13(17)10-7-11-5-3-4-6-15(11)9-10/h3-7,9H,2,8H2,1H3,(H,14,17). The molecule has 0 aliphatic carbocycles. The van der Waals surface area contributed by atoms with Crippen molar-refractivity contribution in [2.45, 2.75) is 6.92 Å². The van der Waals surface area contributed by atoms with Gasteiger partial charge in [-0.15, -0.1) is 0 Å². The highest BCUT2D eigenvalue weighted by Gasteiger charge is 2.10. The molecule has 0 fully saturated rings. The number of nitrogens with zero attached hydrogens (tertiary/aromatic N) is 1. The molecule has 5 heteroatoms. The number of hydrogen-bond donors (Lipinski definition) is 1. The summed E-state index contributed by atoms with van der Waals surface area (Å²) in [4.78, 5) is 22.9. The molecule has 94 valence electrons. The van der Waals surface area contributed by atoms with Crippen LogP contribution in [0.15, 0.2) is 36.7 Å². The fourth-order valence-corrected chi connectivity index (χ4v) is 1.65. The number of hydrogen-bond acceptors (Lipinski definition) is 3. The van der Waals surface area contributed by atoms with Gasteiger partial charge < -0.3 is 14.5 Å². The largest absolute Gasteiger partial charge is 0.465 e. The van der Waals surface area contributed by atoms with Crippen LogP contribution in [0.4, 0.5) is 0 Å². The number of esters is 1. The topological polar surface area (TPSA) is 59.8 Å². The van der Waals surface area contributed by atoms with Gasteiger partial charge in [0.05, 0.1) is 12.2 Å². The number of nitrogens with one attached hydrogen (secondary N) is 1. The maximum atomic E-state index is 11.8. The highest BCUT2D eigenvalue weighted by atomic mass is 16.5. The molecule has 0 aliphatic heterocycles. The minimum atomic E-state index is -0.436. The summed E-state index contributed by atoms with van der Waals surface area (Å²) in [6, 6.07) is 7.45. The summed E-state index contributed by atoms with van der Waals surface area (Å²) < 4.78 is 6.57. The van der Waals surface area contributed by atoms with Crippen LogP contribution in [0.5, 0.6) is 0 Å². The van der Waals surface area contributed by atoms with Crippen LogP contribution in [0.1, 0.15) is 17.3 Å². The van der Waals surface area contributed by atoms with Crippen LogP contribution >= 0.6 is 0 Å². The van der Waals surface area contributed by atoms with Crippen LogP contribution < -0.4 is 5.32 Å². The predicted octanol–water partition coefficient (Wildman–Crippen LogP) is 1.23. The van der Waals surface area contributed by atoms with Gasteiger partial charge >= 0.3 is 5.97 Å². The molecular formula is C13H14N2O3. The summed E-state index contributed by atoms with van der Waals surface area (Å²) in [5.74, 6) is -0.721. The Balaban J connectivity index is 2.02. The number of ether oxygens (including phenoxy) is 1. The van der Waals surface area contributed by atoms with E-state index in [-0.39, 0.29) is 12.5 Å². The molecule has 5 nitrogen and oxygen atoms in total. The van der Waals surface area contributed by atoms with Gasteiger partial charge in [0.15, 0.2) is 0 Å². The monoisotopic (exact) mass is 246 g/mol. The molecule has 0 saturated carbocycles. The first-order valence-corrected chi connectivity index (χ1v) is 5.71. The van der Waals surface area contributed by atoms with Crippen molar-refractivity contribution in [1.82, 2.24) is 9.72 Å². The molecule has 0 atom stereocenters. The summed E-state index contributed by atoms with van der Waals surface area (Å²) in [5, 5.41) is 2.52. The van der Waals surface area contributed by atoms with E-state index in [9.17, 15) is 9.59 Å². The molecular weight excluding hydrogens is 232 g/mol. The lowest BCUT2D eigenvalue weighted by molar-refractivity contribution is -0.141. The molecule has 2 heterocycles. The first kappa shape index (κ1) is 12.2. The van der Waals surface area contributed by atoms with E-state index in [2.05, 4.69) is 5.32 Å². The number of carbonyl (C=O) groups is 2. The summed E-state index contributed by atoms with van der Waals surface area (Å²) in [6.07, 6.45) is 3.58. The first-order chi connectivity index (χ1) is 8.70. The van der Waals surface area contributed by atoms with Gasteiger partial charge in [0.1, 0.15) is 6.54 Å². The van der Waals surface area contributed by atoms with Gasteiger partial charge in [-0.1, -0.05) is 6.07 Å². The highest BCUT2D eigenvalue weighted by Crippen LogP contribution is 2.09. The molecule has 1 amide bonds. The molecule has 0 aromatic carbocycles. The minimum Gasteiger partial charge on any atom is -0.465 e. The summed E-state index contributed by atoms with van der Waals surface area (Å²) in [7, 11) is 0. The fourth-order valence-electron chi connectivity index (χ4n) is 1.65. The van der Waals surface area contributed by atoms with E-state index in [0.29, 0.717) is 12.2 Å². The molecule has 0 radical (unpaired) electrons. The number of rotatable bonds is 4. The molecule has 0 unspecified atom stereocenters. The van der Waals surface area contributed by atoms with Gasteiger partial charge in [-0.3, -0.25) is 9.59 Å². The Labute approximate surface area is 104 Å². The average molecular weight is 246 g/mol. The molecule has 2 rings (SSSR count). The number of fused-ring (bicyclic) bond motifs is 1. The van der Waals surface area contributed by atoms with Gasteiger partial charge in [0.25, 0.3) is 5.91 Å². The quantitative estimate of drug-likeness (QED) is 0.825. The third-order valence-electron chi connectivity index (χ3n) is 2.47. The normalized spacial score (nSPS) is 10.3. The molecule has 0 aliphatic rings. The van der Waals surface area contributed by atoms with Crippen molar-refractivity contribution in [3.8, 4) is 0 Å². The zero-order chi connectivity index (χ0) is 13.0. The number of carbonyl (C=O) groups excluding carboxylic acids is 2. The number of amides is 1. The lowest BCUT2D eigenvalue weighted by Crippen LogP contribution is -2.30. The van der Waals surface area contributed by atoms with E-state index in [4.69, 9.17) is 4.74 Å². The van der Waals surface area contributed by atoms with Crippen LogP contribution in [0.3, 0.4) is 0 Å². The summed E-state index contributed by atoms with van der Waals surface area (Å²) in [6.45, 7) is 1.92. The van der Waals surface area contributed by atoms with Crippen LogP contribution in [-0.2, 0) is 9.53 Å². The lowest BCUT2D eigenvalue weighted by Gasteiger charge is -2.02. The Morgan fingerprint density at radius 1 is 1.39 bits per heavy atom. The van der Waals surface area contributed by atoms with Gasteiger partial charge in [-0.25, -0.2) is 0 Å². The zero-order valence-electron chi connectivity index (χ0n) is 10.1. The van der Waals surface area contributed by atoms with Gasteiger partial charge in [-0.05, 0) is 25.1 Å². The molecule has 1 N–H and O–H groups in total. The Kier molecular flexibility index (Phi) is 3.62. The smallest absolute Gasteiger partial charge is 0.325 e. The van der Waals surface area contributed by atoms with E-state index in [0.717, 1.165) is 5.52 Å². The SMILES string of the molecule is CCOC(=O)CNC(=O)c1cc2ccccn2c1. The molecule has 2 aromatic heterocycles. The predicted molar refractivity (Wildman–Crippen MR) is 66.4 cm³/mol. The van der Waals surface area contributed by atoms with Crippen molar-refractivity contribution in [3.63, 3.8) is 0 Å². The Morgan fingerprint density at radius 2 is 2.22 bits per heavy atom. The van der Waals surface area contributed by atoms with Crippen LogP contribution in [0.2, 0.25) is 0 Å². The highest BCUT2D eigenvalue weighted by molar-refractivity contribution is 5.97. The van der Waals surface area contributed by atoms with Crippen molar-refractivity contribution < 1.29 is 14.3 Å². The Hall–Kier alpha value is -2.30. The van der Waals surface area contributed by atoms with Gasteiger partial charge in [0.2, 0.25) is 0 Å². The van der Waals surface area contributed by atoms with E-state index in [1.54, 1.807) is 19.2 Å². The zero-order valence-corrected chi connectivity index (χ0v) is 10.1. The third kappa shape index (κ3) is 2.68. The minimum absolute atomic E-state index is 0.112. The fraction of sp³-hybridized carbons (Fsp3) is 0.231. The number of aromatic nitrogens is 1. The van der Waals surface area contributed by atoms with Gasteiger partial charge in [-0.2, -0.15) is 0 Å². The Bertz CT molecular complexity index is 541. The molecule has 0 spiro atoms. The Morgan fingerprint density at radius 3 is 2.94 bits per heavy atom. The maximum absolute atomic E-state index is 11.8. The van der Waals surface area contributed by atoms with Gasteiger partial charge in [0, 0.05) is 17.9 Å². The summed E-state index contributed by atoms with van der Waals surface area (Å²) in [5.41, 5.74) is 1.45. The van der Waals surface area contributed by atoms with Crippen molar-refractivity contribution in [2.75, 3.05) is 13.2 Å². The maximum Gasteiger partial charge on any atom is 0.325 e. The van der Waals surface area contributed by atoms with Crippen LogP contribution in [-0.4, -0.2) is 29.4 Å². The van der Waals surface area contributed by atoms with Crippen molar-refractivity contribution in [1.29, 1.82) is 0 Å². The van der Waals surface area contributed by atoms with E-state index < -0.39 is 5.97 Å². The second-order valence-electron chi connectivity index (χ2n) is 3.75. The third-order valence-corrected chi connectivity index (χ3v) is 2.47. The van der Waals surface area contributed by atoms with Crippen LogP contribution in [0, 0.1) is 0 Å².